The predicted octanol–water partition coefficient (Wildman–Crippen LogP) is 4.79. The summed E-state index contributed by atoms with van der Waals surface area (Å²) in [5.74, 6) is 2.97. The highest BCUT2D eigenvalue weighted by molar-refractivity contribution is 7.91. The van der Waals surface area contributed by atoms with Crippen molar-refractivity contribution in [1.29, 1.82) is 0 Å². The maximum atomic E-state index is 13.7. The fourth-order valence-corrected chi connectivity index (χ4v) is 13.2. The molecule has 2 aromatic carbocycles. The Bertz CT molecular complexity index is 2000. The molecular weight excluding hydrogens is 925 g/mol. The molecule has 0 bridgehead atoms. The molecule has 2 aromatic rings. The Hall–Kier alpha value is -3.16. The van der Waals surface area contributed by atoms with E-state index in [9.17, 15) is 31.5 Å². The highest BCUT2D eigenvalue weighted by Gasteiger charge is 2.56. The second-order valence-electron chi connectivity index (χ2n) is 17.6. The number of carbonyl (C=O) groups is 2. The van der Waals surface area contributed by atoms with Gasteiger partial charge in [0.05, 0.1) is 25.4 Å². The maximum Gasteiger partial charge on any atom is 0.326 e. The minimum absolute atomic E-state index is 0. The van der Waals surface area contributed by atoms with Gasteiger partial charge in [-0.3, -0.25) is 14.4 Å². The smallest absolute Gasteiger partial charge is 0.326 e. The predicted molar refractivity (Wildman–Crippen MR) is 251 cm³/mol. The summed E-state index contributed by atoms with van der Waals surface area (Å²) in [5, 5.41) is 9.63. The molecule has 6 fully saturated rings. The van der Waals surface area contributed by atoms with E-state index in [0.717, 1.165) is 43.4 Å². The van der Waals surface area contributed by atoms with Crippen LogP contribution in [0.25, 0.3) is 0 Å². The van der Waals surface area contributed by atoms with Crippen LogP contribution in [-0.2, 0) is 80.9 Å². The first-order valence-corrected chi connectivity index (χ1v) is 26.5. The quantitative estimate of drug-likeness (QED) is 0.203. The number of carbonyl (C=O) groups excluding carboxylic acids is 1. The van der Waals surface area contributed by atoms with E-state index in [1.807, 2.05) is 60.7 Å². The number of rotatable bonds is 15. The Labute approximate surface area is 402 Å². The van der Waals surface area contributed by atoms with Gasteiger partial charge in [-0.2, -0.15) is 0 Å². The Morgan fingerprint density at radius 3 is 1.41 bits per heavy atom. The fraction of sp³-hybridized carbons (Fsp3) is 0.702. The topological polar surface area (TPSA) is 241 Å². The van der Waals surface area contributed by atoms with Gasteiger partial charge in [-0.15, -0.1) is 0 Å². The van der Waals surface area contributed by atoms with Gasteiger partial charge in [0, 0.05) is 104 Å². The zero-order valence-corrected chi connectivity index (χ0v) is 40.1. The molecule has 6 aliphatic heterocycles. The summed E-state index contributed by atoms with van der Waals surface area (Å²) in [4.78, 5) is 34.9. The molecule has 2 atom stereocenters. The van der Waals surface area contributed by atoms with Crippen molar-refractivity contribution in [2.75, 3.05) is 65.8 Å². The summed E-state index contributed by atoms with van der Waals surface area (Å²) in [6, 6.07) is 19.7. The molecule has 6 aliphatic rings. The third-order valence-electron chi connectivity index (χ3n) is 13.2. The maximum absolute atomic E-state index is 13.7. The van der Waals surface area contributed by atoms with Gasteiger partial charge in [0.1, 0.15) is 0 Å². The van der Waals surface area contributed by atoms with Gasteiger partial charge in [-0.25, -0.2) is 41.7 Å². The molecule has 8 rings (SSSR count). The van der Waals surface area contributed by atoms with Crippen LogP contribution >= 0.6 is 0 Å². The number of sulfonamides is 2. The second kappa shape index (κ2) is 27.4. The summed E-state index contributed by atoms with van der Waals surface area (Å²) in [6.07, 6.45) is 7.61. The number of benzene rings is 2. The number of hydrogen-bond acceptors (Lipinski definition) is 15. The third kappa shape index (κ3) is 14.7. The lowest BCUT2D eigenvalue weighted by Gasteiger charge is -2.41. The third-order valence-corrected chi connectivity index (χ3v) is 18.5. The van der Waals surface area contributed by atoms with E-state index in [1.54, 1.807) is 0 Å². The van der Waals surface area contributed by atoms with Crippen molar-refractivity contribution in [2.45, 2.75) is 145 Å². The highest BCUT2D eigenvalue weighted by atomic mass is 32.2. The molecule has 0 radical (unpaired) electrons. The standard InChI is InChI=1S/C23H34N2O7S.C18H25NO6S.C5H11NO2.CH4/c26-22(24-32-21-8-4-5-15-30-21)23(11-16-29-17-12-23)33(27,28)25-13-9-20(10-14-25)31-18-19-6-2-1-3-7-19;20-17(21)18(8-12-24-13-9-18)26(22,23)19-10-6-16(7-11-19)25-14-15-4-2-1-3-5-15;6-8-5-3-1-2-4-7-5;/h1-3,6-7,20-21H,4-5,8-18H2,(H,24,26);1-5,16H,6-14H2,(H,20,21);5H,1-4,6H2;1H4. The number of ether oxygens (including phenoxy) is 6. The SMILES string of the molecule is C.NOC1CCCCO1.O=C(NOC1CCCCO1)C1(S(=O)(=O)N2CCC(OCc3ccccc3)CC2)CCOCC1.O=C(O)C1(S(=O)(=O)N2CCC(OCc3ccccc3)CC2)CCOCC1. The fourth-order valence-electron chi connectivity index (χ4n) is 8.97. The van der Waals surface area contributed by atoms with Crippen molar-refractivity contribution in [3.63, 3.8) is 0 Å². The summed E-state index contributed by atoms with van der Waals surface area (Å²) < 4.78 is 86.0. The van der Waals surface area contributed by atoms with E-state index in [0.29, 0.717) is 65.0 Å². The Balaban J connectivity index is 0.000000219. The highest BCUT2D eigenvalue weighted by Crippen LogP contribution is 2.36. The molecule has 6 heterocycles. The van der Waals surface area contributed by atoms with Crippen LogP contribution in [0.4, 0.5) is 0 Å². The van der Waals surface area contributed by atoms with E-state index in [1.165, 1.54) is 15.0 Å². The van der Waals surface area contributed by atoms with Gasteiger partial charge >= 0.3 is 5.97 Å². The van der Waals surface area contributed by atoms with Gasteiger partial charge in [0.2, 0.25) is 20.0 Å². The van der Waals surface area contributed by atoms with Crippen molar-refractivity contribution in [3.8, 4) is 0 Å². The van der Waals surface area contributed by atoms with Crippen LogP contribution in [0, 0.1) is 0 Å². The molecule has 21 heteroatoms. The molecule has 6 saturated heterocycles. The zero-order valence-electron chi connectivity index (χ0n) is 38.4. The van der Waals surface area contributed by atoms with Crippen LogP contribution in [0.5, 0.6) is 0 Å². The van der Waals surface area contributed by atoms with Crippen LogP contribution in [-0.4, -0.2) is 143 Å². The molecule has 2 unspecified atom stereocenters. The van der Waals surface area contributed by atoms with Crippen LogP contribution in [0.3, 0.4) is 0 Å². The number of amides is 1. The minimum atomic E-state index is -3.94. The number of piperidine rings is 2. The van der Waals surface area contributed by atoms with Crippen LogP contribution in [0.2, 0.25) is 0 Å². The number of carboxylic acid groups (broad SMARTS) is 1. The molecular formula is C47H74N4O15S2. The van der Waals surface area contributed by atoms with Crippen molar-refractivity contribution in [1.82, 2.24) is 14.1 Å². The number of nitrogens with two attached hydrogens (primary N) is 1. The van der Waals surface area contributed by atoms with Crippen molar-refractivity contribution in [2.24, 2.45) is 5.90 Å². The monoisotopic (exact) mass is 998 g/mol. The number of hydrogen-bond donors (Lipinski definition) is 3. The number of carboxylic acids is 1. The molecule has 1 amide bonds. The molecule has 384 valence electrons. The first kappa shape index (κ1) is 55.8. The number of nitrogens with zero attached hydrogens (tertiary/aromatic N) is 2. The van der Waals surface area contributed by atoms with Gasteiger partial charge in [0.15, 0.2) is 22.1 Å². The van der Waals surface area contributed by atoms with E-state index >= 15 is 0 Å². The number of nitrogens with one attached hydrogen (secondary N) is 1. The van der Waals surface area contributed by atoms with E-state index in [2.05, 4.69) is 10.3 Å². The van der Waals surface area contributed by atoms with Gasteiger partial charge in [0.25, 0.3) is 5.91 Å². The van der Waals surface area contributed by atoms with E-state index in [4.69, 9.17) is 39.2 Å². The normalized spacial score (nSPS) is 24.1. The largest absolute Gasteiger partial charge is 0.480 e. The second-order valence-corrected chi connectivity index (χ2v) is 22.1. The van der Waals surface area contributed by atoms with Gasteiger partial charge in [-0.05, 0) is 62.5 Å². The number of hydroxylamine groups is 1. The lowest BCUT2D eigenvalue weighted by molar-refractivity contribution is -0.202. The Morgan fingerprint density at radius 1 is 0.618 bits per heavy atom. The molecule has 4 N–H and O–H groups in total. The summed E-state index contributed by atoms with van der Waals surface area (Å²) in [7, 11) is -7.86. The Morgan fingerprint density at radius 2 is 1.03 bits per heavy atom. The molecule has 0 aliphatic carbocycles. The minimum Gasteiger partial charge on any atom is -0.480 e. The average Bonchev–Trinajstić information content (AvgIpc) is 3.38. The average molecular weight is 999 g/mol. The number of aliphatic carboxylic acids is 1. The molecule has 68 heavy (non-hydrogen) atoms. The van der Waals surface area contributed by atoms with Crippen LogP contribution in [0.1, 0.15) is 108 Å². The van der Waals surface area contributed by atoms with Crippen molar-refractivity contribution < 1.29 is 69.6 Å². The lowest BCUT2D eigenvalue weighted by atomic mass is 9.98. The molecule has 19 nitrogen and oxygen atoms in total. The van der Waals surface area contributed by atoms with Gasteiger partial charge in [-0.1, -0.05) is 68.1 Å². The van der Waals surface area contributed by atoms with Crippen LogP contribution < -0.4 is 11.4 Å². The van der Waals surface area contributed by atoms with Crippen LogP contribution in [0.15, 0.2) is 60.7 Å². The summed E-state index contributed by atoms with van der Waals surface area (Å²) >= 11 is 0. The van der Waals surface area contributed by atoms with Gasteiger partial charge < -0.3 is 33.5 Å². The first-order chi connectivity index (χ1) is 32.4. The first-order valence-electron chi connectivity index (χ1n) is 23.6. The summed E-state index contributed by atoms with van der Waals surface area (Å²) in [5.41, 5.74) is 4.57. The molecule has 0 aromatic heterocycles. The zero-order chi connectivity index (χ0) is 47.6. The lowest BCUT2D eigenvalue weighted by Crippen LogP contribution is -2.61. The van der Waals surface area contributed by atoms with Crippen molar-refractivity contribution >= 4 is 31.9 Å². The summed E-state index contributed by atoms with van der Waals surface area (Å²) in [6.45, 7) is 4.32. The van der Waals surface area contributed by atoms with E-state index < -0.39 is 47.7 Å². The van der Waals surface area contributed by atoms with E-state index in [-0.39, 0.29) is 91.1 Å². The molecule has 0 saturated carbocycles. The Kier molecular flexibility index (Phi) is 22.5. The molecule has 0 spiro atoms. The van der Waals surface area contributed by atoms with Crippen molar-refractivity contribution in [3.05, 3.63) is 71.8 Å².